The molecule has 8 nitrogen and oxygen atoms in total. The molecule has 140 valence electrons. The van der Waals surface area contributed by atoms with Gasteiger partial charge in [0.15, 0.2) is 0 Å². The molecule has 3 rings (SSSR count). The first kappa shape index (κ1) is 19.0. The molecule has 0 saturated heterocycles. The van der Waals surface area contributed by atoms with Crippen LogP contribution >= 0.6 is 0 Å². The highest BCUT2D eigenvalue weighted by Gasteiger charge is 2.22. The van der Waals surface area contributed by atoms with E-state index in [9.17, 15) is 31.0 Å². The van der Waals surface area contributed by atoms with Crippen LogP contribution in [0.2, 0.25) is 0 Å². The number of fused-ring (bicyclic) bond motifs is 1. The monoisotopic (exact) mass is 407 g/mol. The number of benzene rings is 3. The summed E-state index contributed by atoms with van der Waals surface area (Å²) in [5.74, 6) is -0.0369. The van der Waals surface area contributed by atoms with E-state index in [0.717, 1.165) is 6.07 Å². The van der Waals surface area contributed by atoms with E-state index in [1.54, 1.807) is 18.2 Å². The maximum Gasteiger partial charge on any atom is 0.295 e. The topological polar surface area (TPSA) is 141 Å². The molecule has 0 aromatic heterocycles. The standard InChI is InChI=1S/C17H13NO7S2/c19-15-7-2-1-4-12(15)10-18-14-6-3-5-11-8-13(26(20,21)22)9-16(17(11)14)27(23,24)25/h1-10,19H,(H,20,21,22)(H,23,24,25). The lowest BCUT2D eigenvalue weighted by Crippen LogP contribution is -2.04. The Labute approximate surface area is 154 Å². The number of rotatable bonds is 4. The second kappa shape index (κ2) is 6.74. The van der Waals surface area contributed by atoms with Gasteiger partial charge in [-0.15, -0.1) is 0 Å². The van der Waals surface area contributed by atoms with Gasteiger partial charge in [-0.05, 0) is 35.7 Å². The van der Waals surface area contributed by atoms with E-state index in [0.29, 0.717) is 11.6 Å². The zero-order valence-corrected chi connectivity index (χ0v) is 15.1. The van der Waals surface area contributed by atoms with E-state index in [2.05, 4.69) is 4.99 Å². The molecule has 0 fully saturated rings. The number of nitrogens with zero attached hydrogens (tertiary/aromatic N) is 1. The lowest BCUT2D eigenvalue weighted by molar-refractivity contribution is 0.474. The number of phenols is 1. The largest absolute Gasteiger partial charge is 0.507 e. The summed E-state index contributed by atoms with van der Waals surface area (Å²) < 4.78 is 65.2. The van der Waals surface area contributed by atoms with Crippen molar-refractivity contribution in [2.24, 2.45) is 4.99 Å². The van der Waals surface area contributed by atoms with Crippen molar-refractivity contribution in [3.05, 3.63) is 60.2 Å². The molecule has 0 amide bonds. The quantitative estimate of drug-likeness (QED) is 0.446. The summed E-state index contributed by atoms with van der Waals surface area (Å²) in [5.41, 5.74) is 0.489. The van der Waals surface area contributed by atoms with Gasteiger partial charge in [0.05, 0.1) is 10.6 Å². The Hall–Kier alpha value is -2.79. The minimum Gasteiger partial charge on any atom is -0.507 e. The third-order valence-corrected chi connectivity index (χ3v) is 5.46. The van der Waals surface area contributed by atoms with Crippen LogP contribution in [0.3, 0.4) is 0 Å². The van der Waals surface area contributed by atoms with Gasteiger partial charge in [0.1, 0.15) is 10.6 Å². The molecule has 0 atom stereocenters. The molecule has 0 saturated carbocycles. The van der Waals surface area contributed by atoms with Gasteiger partial charge in [0.25, 0.3) is 20.2 Å². The third kappa shape index (κ3) is 3.98. The van der Waals surface area contributed by atoms with Gasteiger partial charge >= 0.3 is 0 Å². The summed E-state index contributed by atoms with van der Waals surface area (Å²) in [6, 6.07) is 12.4. The van der Waals surface area contributed by atoms with E-state index >= 15 is 0 Å². The Morgan fingerprint density at radius 1 is 0.852 bits per heavy atom. The minimum atomic E-state index is -4.82. The average molecular weight is 407 g/mol. The van der Waals surface area contributed by atoms with Crippen molar-refractivity contribution in [1.29, 1.82) is 0 Å². The van der Waals surface area contributed by atoms with Crippen LogP contribution in [0.5, 0.6) is 5.75 Å². The van der Waals surface area contributed by atoms with Crippen LogP contribution in [0.25, 0.3) is 10.8 Å². The Bertz CT molecular complexity index is 1280. The normalized spacial score (nSPS) is 12.7. The number of hydrogen-bond donors (Lipinski definition) is 3. The van der Waals surface area contributed by atoms with Gasteiger partial charge in [0, 0.05) is 17.2 Å². The van der Waals surface area contributed by atoms with E-state index < -0.39 is 30.0 Å². The second-order valence-electron chi connectivity index (χ2n) is 5.56. The third-order valence-electron chi connectivity index (χ3n) is 3.75. The zero-order chi connectivity index (χ0) is 19.8. The molecule has 10 heteroatoms. The molecule has 0 heterocycles. The number of phenolic OH excluding ortho intramolecular Hbond substituents is 1. The first-order chi connectivity index (χ1) is 12.6. The van der Waals surface area contributed by atoms with Crippen molar-refractivity contribution in [1.82, 2.24) is 0 Å². The molecule has 0 radical (unpaired) electrons. The molecule has 3 aromatic carbocycles. The Balaban J connectivity index is 2.31. The summed E-state index contributed by atoms with van der Waals surface area (Å²) in [7, 11) is -9.52. The summed E-state index contributed by atoms with van der Waals surface area (Å²) in [4.78, 5) is 2.77. The number of hydrogen-bond acceptors (Lipinski definition) is 6. The van der Waals surface area contributed by atoms with E-state index in [-0.39, 0.29) is 22.2 Å². The Morgan fingerprint density at radius 3 is 2.19 bits per heavy atom. The summed E-state index contributed by atoms with van der Waals surface area (Å²) >= 11 is 0. The van der Waals surface area contributed by atoms with Crippen LogP contribution in [-0.2, 0) is 20.2 Å². The summed E-state index contributed by atoms with van der Waals surface area (Å²) in [6.07, 6.45) is 1.30. The molecular weight excluding hydrogens is 394 g/mol. The van der Waals surface area contributed by atoms with Gasteiger partial charge in [-0.3, -0.25) is 14.1 Å². The lowest BCUT2D eigenvalue weighted by Gasteiger charge is -2.09. The first-order valence-corrected chi connectivity index (χ1v) is 10.3. The molecule has 3 N–H and O–H groups in total. The molecule has 0 spiro atoms. The molecule has 3 aromatic rings. The fourth-order valence-corrected chi connectivity index (χ4v) is 3.91. The van der Waals surface area contributed by atoms with Crippen LogP contribution in [-0.4, -0.2) is 37.3 Å². The average Bonchev–Trinajstić information content (AvgIpc) is 2.58. The smallest absolute Gasteiger partial charge is 0.295 e. The second-order valence-corrected chi connectivity index (χ2v) is 8.38. The molecule has 0 bridgehead atoms. The molecule has 27 heavy (non-hydrogen) atoms. The zero-order valence-electron chi connectivity index (χ0n) is 13.5. The molecular formula is C17H13NO7S2. The maximum atomic E-state index is 11.8. The van der Waals surface area contributed by atoms with Crippen LogP contribution < -0.4 is 0 Å². The van der Waals surface area contributed by atoms with Crippen molar-refractivity contribution in [3.8, 4) is 5.75 Å². The van der Waals surface area contributed by atoms with Crippen LogP contribution in [0, 0.1) is 0 Å². The van der Waals surface area contributed by atoms with Crippen molar-refractivity contribution >= 4 is 42.9 Å². The van der Waals surface area contributed by atoms with Gasteiger partial charge < -0.3 is 5.11 Å². The molecule has 0 aliphatic rings. The van der Waals surface area contributed by atoms with Crippen molar-refractivity contribution in [2.75, 3.05) is 0 Å². The van der Waals surface area contributed by atoms with E-state index in [1.165, 1.54) is 30.5 Å². The predicted octanol–water partition coefficient (Wildman–Crippen LogP) is 2.79. The fourth-order valence-electron chi connectivity index (χ4n) is 2.54. The lowest BCUT2D eigenvalue weighted by atomic mass is 10.1. The molecule has 0 unspecified atom stereocenters. The molecule has 0 aliphatic carbocycles. The highest BCUT2D eigenvalue weighted by atomic mass is 32.2. The summed E-state index contributed by atoms with van der Waals surface area (Å²) in [6.45, 7) is 0. The molecule has 0 aliphatic heterocycles. The van der Waals surface area contributed by atoms with E-state index in [1.807, 2.05) is 0 Å². The van der Waals surface area contributed by atoms with Gasteiger partial charge in [0.2, 0.25) is 0 Å². The highest BCUT2D eigenvalue weighted by Crippen LogP contribution is 2.34. The van der Waals surface area contributed by atoms with Crippen LogP contribution in [0.1, 0.15) is 5.56 Å². The minimum absolute atomic E-state index is 0.0286. The van der Waals surface area contributed by atoms with Crippen molar-refractivity contribution < 1.29 is 31.0 Å². The summed E-state index contributed by atoms with van der Waals surface area (Å²) in [5, 5.41) is 9.89. The SMILES string of the molecule is O=S(=O)(O)c1cc(S(=O)(=O)O)c2c(N=Cc3ccccc3O)cccc2c1. The number of para-hydroxylation sites is 1. The van der Waals surface area contributed by atoms with Gasteiger partial charge in [-0.2, -0.15) is 16.8 Å². The van der Waals surface area contributed by atoms with Crippen LogP contribution in [0.15, 0.2) is 69.4 Å². The van der Waals surface area contributed by atoms with Gasteiger partial charge in [-0.1, -0.05) is 24.3 Å². The van der Waals surface area contributed by atoms with Gasteiger partial charge in [-0.25, -0.2) is 0 Å². The highest BCUT2D eigenvalue weighted by molar-refractivity contribution is 7.86. The predicted molar refractivity (Wildman–Crippen MR) is 98.9 cm³/mol. The maximum absolute atomic E-state index is 11.8. The first-order valence-electron chi connectivity index (χ1n) is 7.41. The van der Waals surface area contributed by atoms with Crippen molar-refractivity contribution in [2.45, 2.75) is 9.79 Å². The van der Waals surface area contributed by atoms with Crippen molar-refractivity contribution in [3.63, 3.8) is 0 Å². The van der Waals surface area contributed by atoms with E-state index in [4.69, 9.17) is 0 Å². The Morgan fingerprint density at radius 2 is 1.56 bits per heavy atom. The number of aliphatic imine (C=N–C) groups is 1. The Kier molecular flexibility index (Phi) is 4.74. The van der Waals surface area contributed by atoms with Crippen LogP contribution in [0.4, 0.5) is 5.69 Å². The number of aromatic hydroxyl groups is 1. The fraction of sp³-hybridized carbons (Fsp3) is 0.